The third kappa shape index (κ3) is 3.25. The largest absolute Gasteiger partial charge is 0.310 e. The Balaban J connectivity index is 1.48. The maximum atomic E-state index is 12.6. The van der Waals surface area contributed by atoms with Gasteiger partial charge in [-0.15, -0.1) is 10.2 Å². The molecule has 0 bridgehead atoms. The van der Waals surface area contributed by atoms with Crippen molar-refractivity contribution < 1.29 is 4.79 Å². The number of halogens is 1. The van der Waals surface area contributed by atoms with Crippen molar-refractivity contribution in [2.24, 2.45) is 0 Å². The average Bonchev–Trinajstić information content (AvgIpc) is 3.26. The molecule has 1 aliphatic heterocycles. The summed E-state index contributed by atoms with van der Waals surface area (Å²) >= 11 is 7.41. The fourth-order valence-corrected chi connectivity index (χ4v) is 3.78. The number of benzene rings is 1. The van der Waals surface area contributed by atoms with Gasteiger partial charge in [-0.25, -0.2) is 0 Å². The van der Waals surface area contributed by atoms with Crippen LogP contribution in [0.15, 0.2) is 54.1 Å². The molecule has 25 heavy (non-hydrogen) atoms. The summed E-state index contributed by atoms with van der Waals surface area (Å²) in [6, 6.07) is 11.2. The monoisotopic (exact) mass is 371 g/mol. The van der Waals surface area contributed by atoms with E-state index < -0.39 is 0 Å². The van der Waals surface area contributed by atoms with Crippen LogP contribution in [0.5, 0.6) is 0 Å². The second-order valence-corrected chi connectivity index (χ2v) is 6.90. The summed E-state index contributed by atoms with van der Waals surface area (Å²) in [5, 5.41) is 9.36. The van der Waals surface area contributed by atoms with E-state index in [9.17, 15) is 4.79 Å². The highest BCUT2D eigenvalue weighted by atomic mass is 35.5. The van der Waals surface area contributed by atoms with Crippen LogP contribution in [0.1, 0.15) is 5.69 Å². The van der Waals surface area contributed by atoms with Crippen molar-refractivity contribution in [1.82, 2.24) is 19.7 Å². The van der Waals surface area contributed by atoms with Crippen molar-refractivity contribution in [2.45, 2.75) is 11.6 Å². The molecule has 0 unspecified atom stereocenters. The molecule has 3 aromatic rings. The Kier molecular flexibility index (Phi) is 4.42. The first-order valence-electron chi connectivity index (χ1n) is 7.75. The Labute approximate surface area is 153 Å². The van der Waals surface area contributed by atoms with Crippen molar-refractivity contribution >= 4 is 35.0 Å². The minimum Gasteiger partial charge on any atom is -0.310 e. The molecule has 4 rings (SSSR count). The van der Waals surface area contributed by atoms with Gasteiger partial charge < -0.3 is 4.90 Å². The maximum absolute atomic E-state index is 12.6. The number of thioether (sulfide) groups is 1. The van der Waals surface area contributed by atoms with Crippen LogP contribution >= 0.6 is 23.4 Å². The number of aromatic nitrogens is 4. The van der Waals surface area contributed by atoms with Crippen LogP contribution in [0.2, 0.25) is 5.02 Å². The van der Waals surface area contributed by atoms with E-state index in [0.717, 1.165) is 23.5 Å². The molecule has 0 atom stereocenters. The van der Waals surface area contributed by atoms with Crippen LogP contribution in [0.25, 0.3) is 5.69 Å². The number of pyridine rings is 1. The van der Waals surface area contributed by atoms with Crippen molar-refractivity contribution in [2.75, 3.05) is 17.2 Å². The van der Waals surface area contributed by atoms with Gasteiger partial charge in [-0.3, -0.25) is 14.3 Å². The number of fused-ring (bicyclic) bond motifs is 1. The fraction of sp³-hybridized carbons (Fsp3) is 0.176. The zero-order chi connectivity index (χ0) is 17.2. The number of nitrogens with zero attached hydrogens (tertiary/aromatic N) is 5. The Bertz CT molecular complexity index is 929. The lowest BCUT2D eigenvalue weighted by atomic mass is 10.3. The van der Waals surface area contributed by atoms with Gasteiger partial charge in [-0.1, -0.05) is 29.4 Å². The number of carbonyl (C=O) groups excluding carboxylic acids is 1. The van der Waals surface area contributed by atoms with Gasteiger partial charge in [0, 0.05) is 24.2 Å². The standard InChI is InChI=1S/C17H14ClN5OS/c18-12-3-1-4-13(9-12)23-11-20-21-17(23)25-10-16(24)22-8-6-14-15(22)5-2-7-19-14/h1-5,7,9,11H,6,8,10H2. The normalized spacial score (nSPS) is 13.1. The van der Waals surface area contributed by atoms with Gasteiger partial charge in [0.1, 0.15) is 6.33 Å². The van der Waals surface area contributed by atoms with Gasteiger partial charge in [-0.05, 0) is 30.3 Å². The van der Waals surface area contributed by atoms with Crippen LogP contribution in [-0.2, 0) is 11.2 Å². The molecule has 1 aliphatic rings. The van der Waals surface area contributed by atoms with Crippen molar-refractivity contribution in [3.05, 3.63) is 59.6 Å². The predicted octanol–water partition coefficient (Wildman–Crippen LogP) is 3.00. The van der Waals surface area contributed by atoms with Crippen LogP contribution in [-0.4, -0.2) is 38.0 Å². The molecule has 0 spiro atoms. The van der Waals surface area contributed by atoms with E-state index in [-0.39, 0.29) is 11.7 Å². The number of carbonyl (C=O) groups is 1. The smallest absolute Gasteiger partial charge is 0.237 e. The molecule has 3 heterocycles. The fourth-order valence-electron chi connectivity index (χ4n) is 2.80. The first-order valence-corrected chi connectivity index (χ1v) is 9.12. The first kappa shape index (κ1) is 16.1. The van der Waals surface area contributed by atoms with Gasteiger partial charge in [-0.2, -0.15) is 0 Å². The lowest BCUT2D eigenvalue weighted by Crippen LogP contribution is -2.30. The summed E-state index contributed by atoms with van der Waals surface area (Å²) < 4.78 is 1.82. The highest BCUT2D eigenvalue weighted by Gasteiger charge is 2.25. The molecule has 0 radical (unpaired) electrons. The molecule has 8 heteroatoms. The number of anilines is 1. The quantitative estimate of drug-likeness (QED) is 0.660. The Morgan fingerprint density at radius 2 is 2.20 bits per heavy atom. The summed E-state index contributed by atoms with van der Waals surface area (Å²) in [6.07, 6.45) is 4.17. The van der Waals surface area contributed by atoms with Gasteiger partial charge in [0.05, 0.1) is 22.8 Å². The molecule has 6 nitrogen and oxygen atoms in total. The summed E-state index contributed by atoms with van der Waals surface area (Å²) in [4.78, 5) is 18.7. The van der Waals surface area contributed by atoms with Crippen molar-refractivity contribution in [1.29, 1.82) is 0 Å². The molecule has 0 N–H and O–H groups in total. The van der Waals surface area contributed by atoms with Gasteiger partial charge in [0.25, 0.3) is 0 Å². The summed E-state index contributed by atoms with van der Waals surface area (Å²) in [6.45, 7) is 0.673. The van der Waals surface area contributed by atoms with Gasteiger partial charge >= 0.3 is 0 Å². The molecule has 126 valence electrons. The van der Waals surface area contributed by atoms with E-state index in [1.54, 1.807) is 17.4 Å². The Hall–Kier alpha value is -2.38. The third-order valence-electron chi connectivity index (χ3n) is 3.96. The highest BCUT2D eigenvalue weighted by molar-refractivity contribution is 7.99. The van der Waals surface area contributed by atoms with Crippen LogP contribution in [0, 0.1) is 0 Å². The lowest BCUT2D eigenvalue weighted by Gasteiger charge is -2.16. The second-order valence-electron chi connectivity index (χ2n) is 5.52. The third-order valence-corrected chi connectivity index (χ3v) is 5.12. The molecule has 0 fully saturated rings. The predicted molar refractivity (Wildman–Crippen MR) is 97.4 cm³/mol. The molecule has 2 aromatic heterocycles. The van der Waals surface area contributed by atoms with E-state index in [0.29, 0.717) is 16.7 Å². The summed E-state index contributed by atoms with van der Waals surface area (Å²) in [5.74, 6) is 0.325. The van der Waals surface area contributed by atoms with Crippen LogP contribution < -0.4 is 4.90 Å². The van der Waals surface area contributed by atoms with Crippen molar-refractivity contribution in [3.8, 4) is 5.69 Å². The zero-order valence-corrected chi connectivity index (χ0v) is 14.7. The van der Waals surface area contributed by atoms with Gasteiger partial charge in [0.15, 0.2) is 5.16 Å². The number of hydrogen-bond donors (Lipinski definition) is 0. The molecule has 1 aromatic carbocycles. The van der Waals surface area contributed by atoms with E-state index in [1.165, 1.54) is 11.8 Å². The summed E-state index contributed by atoms with van der Waals surface area (Å²) in [5.41, 5.74) is 2.75. The zero-order valence-electron chi connectivity index (χ0n) is 13.2. The van der Waals surface area contributed by atoms with E-state index >= 15 is 0 Å². The lowest BCUT2D eigenvalue weighted by molar-refractivity contribution is -0.116. The average molecular weight is 372 g/mol. The molecular formula is C17H14ClN5OS. The SMILES string of the molecule is O=C(CSc1nncn1-c1cccc(Cl)c1)N1CCc2ncccc21. The highest BCUT2D eigenvalue weighted by Crippen LogP contribution is 2.27. The molecular weight excluding hydrogens is 358 g/mol. The Morgan fingerprint density at radius 3 is 3.08 bits per heavy atom. The number of hydrogen-bond acceptors (Lipinski definition) is 5. The Morgan fingerprint density at radius 1 is 1.28 bits per heavy atom. The minimum absolute atomic E-state index is 0.0393. The van der Waals surface area contributed by atoms with Gasteiger partial charge in [0.2, 0.25) is 5.91 Å². The summed E-state index contributed by atoms with van der Waals surface area (Å²) in [7, 11) is 0. The van der Waals surface area contributed by atoms with Crippen LogP contribution in [0.4, 0.5) is 5.69 Å². The molecule has 1 amide bonds. The minimum atomic E-state index is 0.0393. The van der Waals surface area contributed by atoms with Crippen LogP contribution in [0.3, 0.4) is 0 Å². The second kappa shape index (κ2) is 6.85. The first-order chi connectivity index (χ1) is 12.2. The topological polar surface area (TPSA) is 63.9 Å². The molecule has 0 aliphatic carbocycles. The van der Waals surface area contributed by atoms with E-state index in [1.807, 2.05) is 41.0 Å². The van der Waals surface area contributed by atoms with E-state index in [2.05, 4.69) is 15.2 Å². The number of amides is 1. The van der Waals surface area contributed by atoms with E-state index in [4.69, 9.17) is 11.6 Å². The maximum Gasteiger partial charge on any atom is 0.237 e. The number of rotatable bonds is 4. The molecule has 0 saturated carbocycles. The van der Waals surface area contributed by atoms with Crippen molar-refractivity contribution in [3.63, 3.8) is 0 Å². The molecule has 0 saturated heterocycles.